The highest BCUT2D eigenvalue weighted by atomic mass is 32.1. The second-order valence-electron chi connectivity index (χ2n) is 5.53. The van der Waals surface area contributed by atoms with Crippen LogP contribution in [0.5, 0.6) is 0 Å². The minimum absolute atomic E-state index is 0.396. The van der Waals surface area contributed by atoms with Crippen LogP contribution in [0.3, 0.4) is 0 Å². The van der Waals surface area contributed by atoms with Crippen molar-refractivity contribution in [1.29, 1.82) is 0 Å². The number of fused-ring (bicyclic) bond motifs is 1. The molecule has 0 aromatic carbocycles. The molecule has 2 heterocycles. The molecule has 1 atom stereocenters. The van der Waals surface area contributed by atoms with Crippen LogP contribution in [0.1, 0.15) is 44.7 Å². The molecule has 1 saturated carbocycles. The zero-order chi connectivity index (χ0) is 12.6. The summed E-state index contributed by atoms with van der Waals surface area (Å²) in [6, 6.07) is 4.75. The highest BCUT2D eigenvalue weighted by Crippen LogP contribution is 2.48. The molecule has 96 valence electrons. The van der Waals surface area contributed by atoms with E-state index >= 15 is 0 Å². The van der Waals surface area contributed by atoms with Crippen molar-refractivity contribution in [3.63, 3.8) is 0 Å². The fraction of sp³-hybridized carbons (Fsp3) is 0.533. The third-order valence-corrected chi connectivity index (χ3v) is 5.17. The lowest BCUT2D eigenvalue weighted by Gasteiger charge is -2.19. The number of aromatic nitrogens is 1. The summed E-state index contributed by atoms with van der Waals surface area (Å²) in [6.07, 6.45) is 6.10. The number of thiophene rings is 1. The van der Waals surface area contributed by atoms with Crippen LogP contribution in [0.25, 0.3) is 10.2 Å². The number of hydrogen-bond donors (Lipinski definition) is 1. The maximum atomic E-state index is 4.51. The first-order valence-electron chi connectivity index (χ1n) is 6.79. The van der Waals surface area contributed by atoms with Crippen LogP contribution in [-0.4, -0.2) is 11.5 Å². The average molecular weight is 260 g/mol. The molecular weight excluding hydrogens is 240 g/mol. The normalized spacial score (nSPS) is 19.0. The van der Waals surface area contributed by atoms with Gasteiger partial charge in [0.05, 0.1) is 10.2 Å². The number of pyridine rings is 1. The zero-order valence-corrected chi connectivity index (χ0v) is 11.9. The van der Waals surface area contributed by atoms with E-state index < -0.39 is 0 Å². The maximum absolute atomic E-state index is 4.51. The van der Waals surface area contributed by atoms with Crippen LogP contribution < -0.4 is 5.32 Å². The van der Waals surface area contributed by atoms with E-state index in [2.05, 4.69) is 41.7 Å². The van der Waals surface area contributed by atoms with Gasteiger partial charge < -0.3 is 5.32 Å². The number of nitrogens with zero attached hydrogens (tertiary/aromatic N) is 1. The number of hydrogen-bond acceptors (Lipinski definition) is 3. The van der Waals surface area contributed by atoms with E-state index in [0.29, 0.717) is 11.5 Å². The molecular formula is C15H20N2S. The van der Waals surface area contributed by atoms with Gasteiger partial charge in [0.15, 0.2) is 0 Å². The van der Waals surface area contributed by atoms with E-state index in [1.165, 1.54) is 29.5 Å². The molecule has 1 unspecified atom stereocenters. The van der Waals surface area contributed by atoms with Crippen LogP contribution in [0.4, 0.5) is 0 Å². The van der Waals surface area contributed by atoms with Crippen molar-refractivity contribution < 1.29 is 0 Å². The van der Waals surface area contributed by atoms with Crippen molar-refractivity contribution in [3.05, 3.63) is 29.3 Å². The van der Waals surface area contributed by atoms with Crippen LogP contribution in [0.15, 0.2) is 23.7 Å². The Labute approximate surface area is 112 Å². The third kappa shape index (κ3) is 2.29. The summed E-state index contributed by atoms with van der Waals surface area (Å²) in [4.78, 5) is 4.51. The predicted octanol–water partition coefficient (Wildman–Crippen LogP) is 4.14. The lowest BCUT2D eigenvalue weighted by atomic mass is 10.0. The van der Waals surface area contributed by atoms with E-state index in [9.17, 15) is 0 Å². The van der Waals surface area contributed by atoms with Gasteiger partial charge in [0.1, 0.15) is 0 Å². The standard InChI is InChI=1S/C15H20N2S/c1-3-15(5-6-15)10-17-11(2)12-8-14-13(16-9-12)4-7-18-14/h4,7-9,11,17H,3,5-6,10H2,1-2H3. The van der Waals surface area contributed by atoms with E-state index in [1.807, 2.05) is 6.20 Å². The van der Waals surface area contributed by atoms with Crippen molar-refractivity contribution in [2.75, 3.05) is 6.54 Å². The van der Waals surface area contributed by atoms with Crippen molar-refractivity contribution in [3.8, 4) is 0 Å². The molecule has 2 nitrogen and oxygen atoms in total. The third-order valence-electron chi connectivity index (χ3n) is 4.31. The van der Waals surface area contributed by atoms with Crippen LogP contribution >= 0.6 is 11.3 Å². The minimum atomic E-state index is 0.396. The minimum Gasteiger partial charge on any atom is -0.310 e. The van der Waals surface area contributed by atoms with Gasteiger partial charge in [-0.1, -0.05) is 6.92 Å². The Morgan fingerprint density at radius 2 is 2.33 bits per heavy atom. The Balaban J connectivity index is 1.69. The zero-order valence-electron chi connectivity index (χ0n) is 11.1. The molecule has 0 bridgehead atoms. The van der Waals surface area contributed by atoms with Gasteiger partial charge in [-0.05, 0) is 54.7 Å². The van der Waals surface area contributed by atoms with Gasteiger partial charge in [-0.3, -0.25) is 4.98 Å². The molecule has 0 amide bonds. The van der Waals surface area contributed by atoms with E-state index in [4.69, 9.17) is 0 Å². The average Bonchev–Trinajstić information content (AvgIpc) is 3.04. The Morgan fingerprint density at radius 1 is 1.50 bits per heavy atom. The van der Waals surface area contributed by atoms with Gasteiger partial charge in [-0.2, -0.15) is 0 Å². The largest absolute Gasteiger partial charge is 0.310 e. The first-order chi connectivity index (χ1) is 8.72. The first-order valence-corrected chi connectivity index (χ1v) is 7.67. The van der Waals surface area contributed by atoms with Crippen molar-refractivity contribution >= 4 is 21.6 Å². The molecule has 2 aromatic heterocycles. The Bertz CT molecular complexity index is 542. The molecule has 3 heteroatoms. The second-order valence-corrected chi connectivity index (χ2v) is 6.48. The molecule has 18 heavy (non-hydrogen) atoms. The van der Waals surface area contributed by atoms with E-state index in [0.717, 1.165) is 12.1 Å². The Morgan fingerprint density at radius 3 is 3.06 bits per heavy atom. The van der Waals surface area contributed by atoms with Crippen molar-refractivity contribution in [2.45, 2.75) is 39.2 Å². The van der Waals surface area contributed by atoms with Gasteiger partial charge in [-0.25, -0.2) is 0 Å². The summed E-state index contributed by atoms with van der Waals surface area (Å²) in [5, 5.41) is 5.78. The highest BCUT2D eigenvalue weighted by molar-refractivity contribution is 7.17. The van der Waals surface area contributed by atoms with E-state index in [-0.39, 0.29) is 0 Å². The molecule has 0 radical (unpaired) electrons. The lowest BCUT2D eigenvalue weighted by molar-refractivity contribution is 0.415. The summed E-state index contributed by atoms with van der Waals surface area (Å²) in [5.41, 5.74) is 3.02. The van der Waals surface area contributed by atoms with Gasteiger partial charge in [0, 0.05) is 18.8 Å². The molecule has 1 aliphatic carbocycles. The molecule has 0 aliphatic heterocycles. The summed E-state index contributed by atoms with van der Waals surface area (Å²) in [6.45, 7) is 5.69. The molecule has 2 aromatic rings. The quantitative estimate of drug-likeness (QED) is 0.874. The Hall–Kier alpha value is -0.930. The van der Waals surface area contributed by atoms with Gasteiger partial charge in [0.2, 0.25) is 0 Å². The molecule has 1 fully saturated rings. The fourth-order valence-electron chi connectivity index (χ4n) is 2.42. The lowest BCUT2D eigenvalue weighted by Crippen LogP contribution is -2.26. The molecule has 3 rings (SSSR count). The summed E-state index contributed by atoms with van der Waals surface area (Å²) in [7, 11) is 0. The number of rotatable bonds is 5. The maximum Gasteiger partial charge on any atom is 0.0809 e. The second kappa shape index (κ2) is 4.63. The molecule has 0 spiro atoms. The van der Waals surface area contributed by atoms with Gasteiger partial charge >= 0.3 is 0 Å². The first kappa shape index (κ1) is 12.1. The smallest absolute Gasteiger partial charge is 0.0809 e. The monoisotopic (exact) mass is 260 g/mol. The fourth-order valence-corrected chi connectivity index (χ4v) is 3.21. The van der Waals surface area contributed by atoms with Crippen molar-refractivity contribution in [1.82, 2.24) is 10.3 Å². The number of nitrogens with one attached hydrogen (secondary N) is 1. The molecule has 1 N–H and O–H groups in total. The summed E-state index contributed by atoms with van der Waals surface area (Å²) in [5.74, 6) is 0. The topological polar surface area (TPSA) is 24.9 Å². The van der Waals surface area contributed by atoms with Gasteiger partial charge in [0.25, 0.3) is 0 Å². The molecule has 0 saturated heterocycles. The van der Waals surface area contributed by atoms with E-state index in [1.54, 1.807) is 11.3 Å². The van der Waals surface area contributed by atoms with Crippen LogP contribution in [0.2, 0.25) is 0 Å². The Kier molecular flexibility index (Phi) is 3.12. The molecule has 1 aliphatic rings. The van der Waals surface area contributed by atoms with Crippen LogP contribution in [0, 0.1) is 5.41 Å². The summed E-state index contributed by atoms with van der Waals surface area (Å²) >= 11 is 1.77. The van der Waals surface area contributed by atoms with Crippen LogP contribution in [-0.2, 0) is 0 Å². The highest BCUT2D eigenvalue weighted by Gasteiger charge is 2.40. The van der Waals surface area contributed by atoms with Gasteiger partial charge in [-0.15, -0.1) is 11.3 Å². The van der Waals surface area contributed by atoms with Crippen molar-refractivity contribution in [2.24, 2.45) is 5.41 Å². The SMILES string of the molecule is CCC1(CNC(C)c2cnc3ccsc3c2)CC1. The predicted molar refractivity (Wildman–Crippen MR) is 78.0 cm³/mol. The summed E-state index contributed by atoms with van der Waals surface area (Å²) < 4.78 is 1.29.